The molecule has 1 N–H and O–H groups in total. The van der Waals surface area contributed by atoms with E-state index in [9.17, 15) is 9.50 Å². The SMILES string of the molecule is C=C1C(C(C)O)=CC(C)=C(c2ccccc2)N1CCF. The molecule has 2 rings (SSSR count). The van der Waals surface area contributed by atoms with E-state index < -0.39 is 12.8 Å². The van der Waals surface area contributed by atoms with Gasteiger partial charge in [0.15, 0.2) is 0 Å². The van der Waals surface area contributed by atoms with Gasteiger partial charge in [-0.2, -0.15) is 0 Å². The minimum atomic E-state index is -0.614. The van der Waals surface area contributed by atoms with Crippen LogP contribution >= 0.6 is 0 Å². The van der Waals surface area contributed by atoms with Crippen LogP contribution in [-0.2, 0) is 0 Å². The largest absolute Gasteiger partial charge is 0.389 e. The number of hydrogen-bond acceptors (Lipinski definition) is 2. The molecule has 0 amide bonds. The Morgan fingerprint density at radius 2 is 1.95 bits per heavy atom. The highest BCUT2D eigenvalue weighted by Crippen LogP contribution is 2.35. The summed E-state index contributed by atoms with van der Waals surface area (Å²) in [6.45, 7) is 7.48. The Hall–Kier alpha value is -1.87. The molecule has 1 unspecified atom stereocenters. The minimum Gasteiger partial charge on any atom is -0.389 e. The Balaban J connectivity index is 2.54. The number of halogens is 1. The lowest BCUT2D eigenvalue weighted by Gasteiger charge is -2.35. The molecule has 0 spiro atoms. The van der Waals surface area contributed by atoms with E-state index in [2.05, 4.69) is 6.58 Å². The van der Waals surface area contributed by atoms with Crippen molar-refractivity contribution in [3.63, 3.8) is 0 Å². The fourth-order valence-corrected chi connectivity index (χ4v) is 2.56. The molecule has 1 aliphatic rings. The molecule has 1 aromatic rings. The Morgan fingerprint density at radius 1 is 1.30 bits per heavy atom. The highest BCUT2D eigenvalue weighted by atomic mass is 19.1. The highest BCUT2D eigenvalue weighted by molar-refractivity contribution is 5.74. The zero-order chi connectivity index (χ0) is 14.7. The molecule has 3 heteroatoms. The van der Waals surface area contributed by atoms with E-state index >= 15 is 0 Å². The molecule has 1 aromatic carbocycles. The average molecular weight is 273 g/mol. The first kappa shape index (κ1) is 14.5. The lowest BCUT2D eigenvalue weighted by Crippen LogP contribution is -2.30. The number of rotatable bonds is 4. The molecule has 1 atom stereocenters. The van der Waals surface area contributed by atoms with Crippen LogP contribution in [0.2, 0.25) is 0 Å². The summed E-state index contributed by atoms with van der Waals surface area (Å²) in [5.74, 6) is 0. The van der Waals surface area contributed by atoms with Crippen molar-refractivity contribution in [1.82, 2.24) is 4.90 Å². The number of hydrogen-bond donors (Lipinski definition) is 1. The van der Waals surface area contributed by atoms with E-state index in [0.717, 1.165) is 22.4 Å². The van der Waals surface area contributed by atoms with E-state index in [1.165, 1.54) is 0 Å². The maximum Gasteiger partial charge on any atom is 0.107 e. The van der Waals surface area contributed by atoms with Crippen molar-refractivity contribution < 1.29 is 9.50 Å². The van der Waals surface area contributed by atoms with E-state index in [0.29, 0.717) is 5.70 Å². The van der Waals surface area contributed by atoms with Gasteiger partial charge in [0.2, 0.25) is 0 Å². The molecular formula is C17H20FNO. The van der Waals surface area contributed by atoms with E-state index in [-0.39, 0.29) is 6.54 Å². The van der Waals surface area contributed by atoms with Crippen LogP contribution in [0.1, 0.15) is 19.4 Å². The van der Waals surface area contributed by atoms with Gasteiger partial charge < -0.3 is 10.0 Å². The van der Waals surface area contributed by atoms with Gasteiger partial charge in [-0.05, 0) is 31.1 Å². The van der Waals surface area contributed by atoms with Crippen LogP contribution in [0, 0.1) is 0 Å². The van der Waals surface area contributed by atoms with Crippen LogP contribution in [0.5, 0.6) is 0 Å². The first-order chi connectivity index (χ1) is 9.56. The summed E-state index contributed by atoms with van der Waals surface area (Å²) in [4.78, 5) is 1.85. The third kappa shape index (κ3) is 2.68. The quantitative estimate of drug-likeness (QED) is 0.907. The molecule has 2 nitrogen and oxygen atoms in total. The van der Waals surface area contributed by atoms with Gasteiger partial charge in [0.1, 0.15) is 6.67 Å². The third-order valence-electron chi connectivity index (χ3n) is 3.48. The van der Waals surface area contributed by atoms with E-state index in [4.69, 9.17) is 0 Å². The molecule has 1 heterocycles. The third-order valence-corrected chi connectivity index (χ3v) is 3.48. The number of aliphatic hydroxyl groups excluding tert-OH is 1. The van der Waals surface area contributed by atoms with Crippen LogP contribution in [0.15, 0.2) is 59.8 Å². The number of alkyl halides is 1. The second kappa shape index (κ2) is 6.06. The summed E-state index contributed by atoms with van der Waals surface area (Å²) < 4.78 is 12.9. The van der Waals surface area contributed by atoms with E-state index in [1.807, 2.05) is 48.2 Å². The Morgan fingerprint density at radius 3 is 2.50 bits per heavy atom. The summed E-state index contributed by atoms with van der Waals surface area (Å²) in [5, 5.41) is 9.84. The minimum absolute atomic E-state index is 0.241. The van der Waals surface area contributed by atoms with Gasteiger partial charge in [-0.25, -0.2) is 4.39 Å². The van der Waals surface area contributed by atoms with Gasteiger partial charge >= 0.3 is 0 Å². The van der Waals surface area contributed by atoms with Gasteiger partial charge in [-0.3, -0.25) is 0 Å². The predicted octanol–water partition coefficient (Wildman–Crippen LogP) is 3.52. The van der Waals surface area contributed by atoms with Crippen LogP contribution in [-0.4, -0.2) is 29.3 Å². The monoisotopic (exact) mass is 273 g/mol. The molecular weight excluding hydrogens is 253 g/mol. The van der Waals surface area contributed by atoms with Crippen LogP contribution in [0.25, 0.3) is 5.70 Å². The van der Waals surface area contributed by atoms with Gasteiger partial charge in [-0.1, -0.05) is 36.9 Å². The fraction of sp³-hybridized carbons (Fsp3) is 0.294. The molecule has 0 bridgehead atoms. The lowest BCUT2D eigenvalue weighted by atomic mass is 9.94. The molecule has 0 aromatic heterocycles. The summed E-state index contributed by atoms with van der Waals surface area (Å²) in [6.07, 6.45) is 1.32. The average Bonchev–Trinajstić information content (AvgIpc) is 2.43. The lowest BCUT2D eigenvalue weighted by molar-refractivity contribution is 0.227. The first-order valence-electron chi connectivity index (χ1n) is 6.75. The first-order valence-corrected chi connectivity index (χ1v) is 6.75. The van der Waals surface area contributed by atoms with E-state index in [1.54, 1.807) is 6.92 Å². The Kier molecular flexibility index (Phi) is 4.40. The zero-order valence-electron chi connectivity index (χ0n) is 11.9. The Labute approximate surface area is 119 Å². The smallest absolute Gasteiger partial charge is 0.107 e. The van der Waals surface area contributed by atoms with Crippen molar-refractivity contribution in [3.05, 3.63) is 65.4 Å². The molecule has 0 saturated carbocycles. The molecule has 0 radical (unpaired) electrons. The van der Waals surface area contributed by atoms with Crippen molar-refractivity contribution in [2.75, 3.05) is 13.2 Å². The van der Waals surface area contributed by atoms with Crippen molar-refractivity contribution >= 4 is 5.70 Å². The van der Waals surface area contributed by atoms with Crippen LogP contribution in [0.4, 0.5) is 4.39 Å². The predicted molar refractivity (Wildman–Crippen MR) is 80.6 cm³/mol. The Bertz CT molecular complexity index is 558. The second-order valence-corrected chi connectivity index (χ2v) is 4.96. The van der Waals surface area contributed by atoms with Crippen molar-refractivity contribution in [2.45, 2.75) is 20.0 Å². The fourth-order valence-electron chi connectivity index (χ4n) is 2.56. The van der Waals surface area contributed by atoms with Crippen molar-refractivity contribution in [2.24, 2.45) is 0 Å². The number of benzene rings is 1. The summed E-state index contributed by atoms with van der Waals surface area (Å²) in [7, 11) is 0. The van der Waals surface area contributed by atoms with Gasteiger partial charge in [0.25, 0.3) is 0 Å². The summed E-state index contributed by atoms with van der Waals surface area (Å²) >= 11 is 0. The number of nitrogens with zero attached hydrogens (tertiary/aromatic N) is 1. The maximum absolute atomic E-state index is 12.9. The summed E-state index contributed by atoms with van der Waals surface area (Å²) in [6, 6.07) is 9.87. The molecule has 0 fully saturated rings. The molecule has 0 aliphatic carbocycles. The second-order valence-electron chi connectivity index (χ2n) is 4.96. The topological polar surface area (TPSA) is 23.5 Å². The molecule has 1 aliphatic heterocycles. The number of aliphatic hydroxyl groups is 1. The van der Waals surface area contributed by atoms with Crippen LogP contribution in [0.3, 0.4) is 0 Å². The number of allylic oxidation sites excluding steroid dienone is 2. The molecule has 0 saturated heterocycles. The zero-order valence-corrected chi connectivity index (χ0v) is 11.9. The normalized spacial score (nSPS) is 17.3. The van der Waals surface area contributed by atoms with Gasteiger partial charge in [0, 0.05) is 11.3 Å². The van der Waals surface area contributed by atoms with Crippen molar-refractivity contribution in [1.29, 1.82) is 0 Å². The maximum atomic E-state index is 12.9. The highest BCUT2D eigenvalue weighted by Gasteiger charge is 2.25. The molecule has 106 valence electrons. The van der Waals surface area contributed by atoms with Gasteiger partial charge in [-0.15, -0.1) is 0 Å². The van der Waals surface area contributed by atoms with Crippen molar-refractivity contribution in [3.8, 4) is 0 Å². The summed E-state index contributed by atoms with van der Waals surface area (Å²) in [5.41, 5.74) is 4.41. The van der Waals surface area contributed by atoms with Crippen LogP contribution < -0.4 is 0 Å². The standard InChI is InChI=1S/C17H20FNO/c1-12-11-16(14(3)20)13(2)19(10-9-18)17(12)15-7-5-4-6-8-15/h4-8,11,14,20H,2,9-10H2,1,3H3. The molecule has 20 heavy (non-hydrogen) atoms. The van der Waals surface area contributed by atoms with Gasteiger partial charge in [0.05, 0.1) is 18.3 Å².